The Morgan fingerprint density at radius 1 is 1.27 bits per heavy atom. The van der Waals surface area contributed by atoms with Crippen LogP contribution in [0.1, 0.15) is 29.1 Å². The Labute approximate surface area is 129 Å². The molecule has 2 aromatic rings. The van der Waals surface area contributed by atoms with Crippen LogP contribution in [0.15, 0.2) is 34.7 Å². The van der Waals surface area contributed by atoms with Crippen molar-refractivity contribution in [2.45, 2.75) is 25.9 Å². The zero-order valence-corrected chi connectivity index (χ0v) is 12.9. The van der Waals surface area contributed by atoms with Gasteiger partial charge in [0.25, 0.3) is 5.91 Å². The highest BCUT2D eigenvalue weighted by atomic mass is 16.5. The Balaban J connectivity index is 1.78. The summed E-state index contributed by atoms with van der Waals surface area (Å²) in [6, 6.07) is 9.62. The number of hydrogen-bond acceptors (Lipinski definition) is 4. The van der Waals surface area contributed by atoms with Gasteiger partial charge in [-0.15, -0.1) is 0 Å². The molecule has 116 valence electrons. The maximum Gasteiger partial charge on any atom is 0.276 e. The molecule has 1 aromatic heterocycles. The summed E-state index contributed by atoms with van der Waals surface area (Å²) in [4.78, 5) is 18.9. The fourth-order valence-electron chi connectivity index (χ4n) is 2.74. The van der Waals surface area contributed by atoms with Crippen LogP contribution in [0.25, 0.3) is 11.5 Å². The van der Waals surface area contributed by atoms with E-state index in [-0.39, 0.29) is 12.0 Å². The molecule has 1 aliphatic heterocycles. The minimum atomic E-state index is -0.0574. The third-order valence-electron chi connectivity index (χ3n) is 4.08. The summed E-state index contributed by atoms with van der Waals surface area (Å²) in [7, 11) is 1.72. The van der Waals surface area contributed by atoms with Crippen molar-refractivity contribution in [2.75, 3.05) is 20.2 Å². The van der Waals surface area contributed by atoms with Gasteiger partial charge in [0, 0.05) is 25.8 Å². The number of hydrogen-bond donors (Lipinski definition) is 0. The number of nitrogens with zero attached hydrogens (tertiary/aromatic N) is 2. The molecule has 22 heavy (non-hydrogen) atoms. The highest BCUT2D eigenvalue weighted by Crippen LogP contribution is 2.23. The van der Waals surface area contributed by atoms with Gasteiger partial charge in [-0.05, 0) is 31.9 Å². The van der Waals surface area contributed by atoms with Gasteiger partial charge < -0.3 is 14.1 Å². The van der Waals surface area contributed by atoms with E-state index in [1.165, 1.54) is 0 Å². The monoisotopic (exact) mass is 300 g/mol. The second-order valence-corrected chi connectivity index (χ2v) is 5.52. The maximum absolute atomic E-state index is 12.6. The second-order valence-electron chi connectivity index (χ2n) is 5.52. The third kappa shape index (κ3) is 2.90. The zero-order chi connectivity index (χ0) is 15.5. The van der Waals surface area contributed by atoms with Crippen LogP contribution in [0.5, 0.6) is 0 Å². The Kier molecular flexibility index (Phi) is 4.24. The van der Waals surface area contributed by atoms with E-state index in [4.69, 9.17) is 9.15 Å². The minimum absolute atomic E-state index is 0.0574. The minimum Gasteiger partial charge on any atom is -0.441 e. The number of rotatable bonds is 3. The molecule has 0 aliphatic carbocycles. The Hall–Kier alpha value is -2.14. The molecule has 0 radical (unpaired) electrons. The number of amides is 1. The van der Waals surface area contributed by atoms with Crippen molar-refractivity contribution in [1.29, 1.82) is 0 Å². The number of ether oxygens (including phenoxy) is 1. The summed E-state index contributed by atoms with van der Waals surface area (Å²) in [5.74, 6) is 1.00. The molecular weight excluding hydrogens is 280 g/mol. The molecule has 1 aliphatic rings. The molecule has 0 saturated carbocycles. The fraction of sp³-hybridized carbons (Fsp3) is 0.412. The van der Waals surface area contributed by atoms with Gasteiger partial charge in [0.05, 0.1) is 6.10 Å². The van der Waals surface area contributed by atoms with Crippen LogP contribution in [0.2, 0.25) is 0 Å². The number of likely N-dealkylation sites (tertiary alicyclic amines) is 1. The number of methoxy groups -OCH3 is 1. The molecule has 0 bridgehead atoms. The molecule has 1 amide bonds. The van der Waals surface area contributed by atoms with Gasteiger partial charge in [0.1, 0.15) is 5.76 Å². The van der Waals surface area contributed by atoms with Gasteiger partial charge in [0.15, 0.2) is 5.69 Å². The number of carbonyl (C=O) groups excluding carboxylic acids is 1. The number of aryl methyl sites for hydroxylation is 1. The average Bonchev–Trinajstić information content (AvgIpc) is 2.97. The van der Waals surface area contributed by atoms with Crippen molar-refractivity contribution in [3.05, 3.63) is 41.8 Å². The van der Waals surface area contributed by atoms with E-state index in [0.717, 1.165) is 18.4 Å². The molecule has 0 spiro atoms. The summed E-state index contributed by atoms with van der Waals surface area (Å²) >= 11 is 0. The van der Waals surface area contributed by atoms with Crippen LogP contribution in [0, 0.1) is 6.92 Å². The van der Waals surface area contributed by atoms with Gasteiger partial charge >= 0.3 is 0 Å². The lowest BCUT2D eigenvalue weighted by molar-refractivity contribution is 0.0347. The summed E-state index contributed by atoms with van der Waals surface area (Å²) in [6.07, 6.45) is 1.98. The molecule has 0 N–H and O–H groups in total. The normalized spacial score (nSPS) is 16.0. The number of piperidine rings is 1. The summed E-state index contributed by atoms with van der Waals surface area (Å²) in [5.41, 5.74) is 1.29. The average molecular weight is 300 g/mol. The van der Waals surface area contributed by atoms with Crippen molar-refractivity contribution in [2.24, 2.45) is 0 Å². The van der Waals surface area contributed by atoms with Crippen LogP contribution in [0.4, 0.5) is 0 Å². The largest absolute Gasteiger partial charge is 0.441 e. The van der Waals surface area contributed by atoms with E-state index in [2.05, 4.69) is 4.98 Å². The Morgan fingerprint density at radius 3 is 2.59 bits per heavy atom. The molecule has 1 saturated heterocycles. The van der Waals surface area contributed by atoms with Gasteiger partial charge in [0.2, 0.25) is 5.89 Å². The molecule has 2 heterocycles. The van der Waals surface area contributed by atoms with Crippen LogP contribution in [0.3, 0.4) is 0 Å². The Morgan fingerprint density at radius 2 is 1.95 bits per heavy atom. The molecular formula is C17H20N2O3. The number of benzene rings is 1. The molecule has 0 unspecified atom stereocenters. The molecule has 0 atom stereocenters. The fourth-order valence-corrected chi connectivity index (χ4v) is 2.74. The molecule has 3 rings (SSSR count). The first-order valence-corrected chi connectivity index (χ1v) is 7.54. The van der Waals surface area contributed by atoms with Crippen molar-refractivity contribution in [3.63, 3.8) is 0 Å². The van der Waals surface area contributed by atoms with Crippen LogP contribution < -0.4 is 0 Å². The molecule has 1 aromatic carbocycles. The highest BCUT2D eigenvalue weighted by Gasteiger charge is 2.27. The first kappa shape index (κ1) is 14.8. The number of carbonyl (C=O) groups is 1. The standard InChI is InChI=1S/C17H20N2O3/c1-12-15(17(20)19-10-8-14(21-2)9-11-19)18-16(22-12)13-6-4-3-5-7-13/h3-7,14H,8-11H2,1-2H3. The van der Waals surface area contributed by atoms with Crippen LogP contribution >= 0.6 is 0 Å². The van der Waals surface area contributed by atoms with Gasteiger partial charge in [-0.1, -0.05) is 18.2 Å². The highest BCUT2D eigenvalue weighted by molar-refractivity contribution is 5.93. The Bertz CT molecular complexity index is 643. The third-order valence-corrected chi connectivity index (χ3v) is 4.08. The lowest BCUT2D eigenvalue weighted by atomic mass is 10.1. The topological polar surface area (TPSA) is 55.6 Å². The van der Waals surface area contributed by atoms with Crippen molar-refractivity contribution in [3.8, 4) is 11.5 Å². The molecule has 5 nitrogen and oxygen atoms in total. The van der Waals surface area contributed by atoms with Crippen molar-refractivity contribution < 1.29 is 13.9 Å². The van der Waals surface area contributed by atoms with E-state index >= 15 is 0 Å². The van der Waals surface area contributed by atoms with E-state index in [9.17, 15) is 4.79 Å². The summed E-state index contributed by atoms with van der Waals surface area (Å²) in [6.45, 7) is 3.18. The van der Waals surface area contributed by atoms with Crippen LogP contribution in [-0.4, -0.2) is 42.1 Å². The van der Waals surface area contributed by atoms with Gasteiger partial charge in [-0.3, -0.25) is 4.79 Å². The van der Waals surface area contributed by atoms with E-state index in [0.29, 0.717) is 30.4 Å². The smallest absolute Gasteiger partial charge is 0.276 e. The van der Waals surface area contributed by atoms with E-state index in [1.54, 1.807) is 14.0 Å². The maximum atomic E-state index is 12.6. The lowest BCUT2D eigenvalue weighted by Crippen LogP contribution is -2.41. The van der Waals surface area contributed by atoms with Crippen molar-refractivity contribution in [1.82, 2.24) is 9.88 Å². The summed E-state index contributed by atoms with van der Waals surface area (Å²) in [5, 5.41) is 0. The number of aromatic nitrogens is 1. The second kappa shape index (κ2) is 6.32. The lowest BCUT2D eigenvalue weighted by Gasteiger charge is -2.30. The van der Waals surface area contributed by atoms with Crippen molar-refractivity contribution >= 4 is 5.91 Å². The van der Waals surface area contributed by atoms with E-state index < -0.39 is 0 Å². The number of oxazole rings is 1. The SMILES string of the molecule is COC1CCN(C(=O)c2nc(-c3ccccc3)oc2C)CC1. The molecule has 1 fully saturated rings. The first-order chi connectivity index (χ1) is 10.7. The quantitative estimate of drug-likeness (QED) is 0.874. The predicted octanol–water partition coefficient (Wildman–Crippen LogP) is 2.90. The molecule has 5 heteroatoms. The summed E-state index contributed by atoms with van der Waals surface area (Å²) < 4.78 is 11.0. The van der Waals surface area contributed by atoms with Gasteiger partial charge in [-0.25, -0.2) is 4.98 Å². The van der Waals surface area contributed by atoms with Crippen LogP contribution in [-0.2, 0) is 4.74 Å². The zero-order valence-electron chi connectivity index (χ0n) is 12.9. The van der Waals surface area contributed by atoms with E-state index in [1.807, 2.05) is 35.2 Å². The first-order valence-electron chi connectivity index (χ1n) is 7.54. The van der Waals surface area contributed by atoms with Gasteiger partial charge in [-0.2, -0.15) is 0 Å². The predicted molar refractivity (Wildman–Crippen MR) is 82.6 cm³/mol.